The number of aliphatic hydroxyl groups is 1. The van der Waals surface area contributed by atoms with Gasteiger partial charge in [-0.2, -0.15) is 0 Å². The number of thiazole rings is 1. The number of nitrogens with two attached hydrogens (primary N) is 1. The third-order valence-electron chi connectivity index (χ3n) is 4.59. The van der Waals surface area contributed by atoms with E-state index in [4.69, 9.17) is 15.2 Å². The van der Waals surface area contributed by atoms with Crippen molar-refractivity contribution in [2.45, 2.75) is 37.7 Å². The summed E-state index contributed by atoms with van der Waals surface area (Å²) in [6, 6.07) is 9.92. The molecule has 4 atom stereocenters. The smallest absolute Gasteiger partial charge is 0.117 e. The van der Waals surface area contributed by atoms with Gasteiger partial charge in [0.2, 0.25) is 0 Å². The fraction of sp³-hybridized carbons (Fsp3) is 0.500. The Morgan fingerprint density at radius 3 is 2.92 bits per heavy atom. The highest BCUT2D eigenvalue weighted by Crippen LogP contribution is 2.39. The number of hydrogen-bond donors (Lipinski definition) is 2. The minimum atomic E-state index is -0.807. The van der Waals surface area contributed by atoms with Gasteiger partial charge in [-0.1, -0.05) is 30.3 Å². The molecular weight excluding hydrogens is 404 g/mol. The van der Waals surface area contributed by atoms with Crippen LogP contribution in [0.15, 0.2) is 40.3 Å². The zero-order valence-corrected chi connectivity index (χ0v) is 16.5. The minimum Gasteiger partial charge on any atom is -0.390 e. The average Bonchev–Trinajstić information content (AvgIpc) is 3.05. The highest BCUT2D eigenvalue weighted by molar-refractivity contribution is 9.10. The molecule has 5 nitrogen and oxygen atoms in total. The summed E-state index contributed by atoms with van der Waals surface area (Å²) in [5.41, 5.74) is 6.95. The molecule has 0 radical (unpaired) electrons. The molecule has 0 spiro atoms. The van der Waals surface area contributed by atoms with Crippen molar-refractivity contribution >= 4 is 27.3 Å². The molecule has 3 rings (SSSR count). The fourth-order valence-corrected chi connectivity index (χ4v) is 4.62. The lowest BCUT2D eigenvalue weighted by molar-refractivity contribution is -0.107. The van der Waals surface area contributed by atoms with Crippen LogP contribution in [-0.2, 0) is 21.6 Å². The quantitative estimate of drug-likeness (QED) is 0.741. The second-order valence-corrected chi connectivity index (χ2v) is 8.22. The molecule has 0 saturated carbocycles. The van der Waals surface area contributed by atoms with E-state index in [1.54, 1.807) is 0 Å². The number of benzene rings is 1. The third kappa shape index (κ3) is 4.48. The molecule has 7 heteroatoms. The van der Waals surface area contributed by atoms with Gasteiger partial charge in [0.25, 0.3) is 0 Å². The highest BCUT2D eigenvalue weighted by Gasteiger charge is 2.47. The predicted molar refractivity (Wildman–Crippen MR) is 101 cm³/mol. The summed E-state index contributed by atoms with van der Waals surface area (Å²) < 4.78 is 12.3. The van der Waals surface area contributed by atoms with Crippen LogP contribution >= 0.6 is 27.3 Å². The van der Waals surface area contributed by atoms with Gasteiger partial charge in [-0.3, -0.25) is 0 Å². The standard InChI is InChI=1S/C18H23BrN2O3S/c1-12-7-14(15(22)9-23-8-13-5-3-2-4-6-13)18(20,11-24-12)17-21-16(19)10-25-17/h2-6,10,12,14-15,22H,7-9,11,20H2,1H3/t12-,14?,15+,18-/m0/s1. The van der Waals surface area contributed by atoms with E-state index in [0.29, 0.717) is 19.6 Å². The van der Waals surface area contributed by atoms with Gasteiger partial charge < -0.3 is 20.3 Å². The van der Waals surface area contributed by atoms with Crippen LogP contribution in [0.4, 0.5) is 0 Å². The number of hydrogen-bond acceptors (Lipinski definition) is 6. The zero-order chi connectivity index (χ0) is 17.9. The molecule has 1 aromatic carbocycles. The molecule has 1 unspecified atom stereocenters. The predicted octanol–water partition coefficient (Wildman–Crippen LogP) is 3.06. The van der Waals surface area contributed by atoms with Crippen LogP contribution in [-0.4, -0.2) is 35.5 Å². The van der Waals surface area contributed by atoms with Crippen LogP contribution in [0, 0.1) is 5.92 Å². The van der Waals surface area contributed by atoms with E-state index in [2.05, 4.69) is 20.9 Å². The SMILES string of the molecule is C[C@H]1CC([C@H](O)COCc2ccccc2)[C@](N)(c2nc(Br)cs2)CO1. The van der Waals surface area contributed by atoms with Gasteiger partial charge in [0.15, 0.2) is 0 Å². The molecular formula is C18H23BrN2O3S. The van der Waals surface area contributed by atoms with Crippen LogP contribution in [0.5, 0.6) is 0 Å². The number of halogens is 1. The van der Waals surface area contributed by atoms with Gasteiger partial charge in [0.1, 0.15) is 9.61 Å². The Morgan fingerprint density at radius 1 is 1.48 bits per heavy atom. The maximum atomic E-state index is 10.8. The molecule has 0 amide bonds. The Labute approximate surface area is 160 Å². The summed E-state index contributed by atoms with van der Waals surface area (Å²) in [4.78, 5) is 4.47. The Morgan fingerprint density at radius 2 is 2.24 bits per heavy atom. The zero-order valence-electron chi connectivity index (χ0n) is 14.1. The number of rotatable bonds is 6. The molecule has 1 aromatic heterocycles. The van der Waals surface area contributed by atoms with E-state index in [0.717, 1.165) is 15.2 Å². The van der Waals surface area contributed by atoms with Crippen molar-refractivity contribution in [3.05, 3.63) is 50.9 Å². The lowest BCUT2D eigenvalue weighted by atomic mass is 9.76. The van der Waals surface area contributed by atoms with Crippen LogP contribution in [0.1, 0.15) is 23.9 Å². The number of aliphatic hydroxyl groups excluding tert-OH is 1. The van der Waals surface area contributed by atoms with E-state index >= 15 is 0 Å². The molecule has 2 heterocycles. The second kappa shape index (κ2) is 8.24. The first-order valence-electron chi connectivity index (χ1n) is 8.31. The van der Waals surface area contributed by atoms with E-state index in [-0.39, 0.29) is 18.6 Å². The first kappa shape index (κ1) is 18.9. The molecule has 2 aromatic rings. The van der Waals surface area contributed by atoms with Gasteiger partial charge in [-0.25, -0.2) is 4.98 Å². The maximum Gasteiger partial charge on any atom is 0.117 e. The van der Waals surface area contributed by atoms with Crippen LogP contribution < -0.4 is 5.73 Å². The van der Waals surface area contributed by atoms with Crippen molar-refractivity contribution in [3.63, 3.8) is 0 Å². The summed E-state index contributed by atoms with van der Waals surface area (Å²) >= 11 is 4.86. The summed E-state index contributed by atoms with van der Waals surface area (Å²) in [6.07, 6.45) is 0.0420. The van der Waals surface area contributed by atoms with Gasteiger partial charge in [-0.15, -0.1) is 11.3 Å². The van der Waals surface area contributed by atoms with Crippen molar-refractivity contribution in [1.82, 2.24) is 4.98 Å². The molecule has 1 saturated heterocycles. The van der Waals surface area contributed by atoms with Crippen LogP contribution in [0.25, 0.3) is 0 Å². The van der Waals surface area contributed by atoms with E-state index < -0.39 is 11.6 Å². The van der Waals surface area contributed by atoms with Gasteiger partial charge in [0, 0.05) is 11.3 Å². The van der Waals surface area contributed by atoms with Crippen molar-refractivity contribution < 1.29 is 14.6 Å². The van der Waals surface area contributed by atoms with Crippen molar-refractivity contribution in [3.8, 4) is 0 Å². The minimum absolute atomic E-state index is 0.0499. The summed E-state index contributed by atoms with van der Waals surface area (Å²) in [7, 11) is 0. The molecule has 25 heavy (non-hydrogen) atoms. The second-order valence-electron chi connectivity index (χ2n) is 6.55. The Bertz CT molecular complexity index is 684. The Kier molecular flexibility index (Phi) is 6.25. The lowest BCUT2D eigenvalue weighted by Crippen LogP contribution is -2.57. The average molecular weight is 427 g/mol. The first-order valence-corrected chi connectivity index (χ1v) is 9.98. The van der Waals surface area contributed by atoms with E-state index in [9.17, 15) is 5.11 Å². The molecule has 1 aliphatic heterocycles. The molecule has 3 N–H and O–H groups in total. The van der Waals surface area contributed by atoms with Crippen molar-refractivity contribution in [2.24, 2.45) is 11.7 Å². The van der Waals surface area contributed by atoms with Gasteiger partial charge >= 0.3 is 0 Å². The monoisotopic (exact) mass is 426 g/mol. The number of aromatic nitrogens is 1. The van der Waals surface area contributed by atoms with Crippen LogP contribution in [0.2, 0.25) is 0 Å². The van der Waals surface area contributed by atoms with Crippen LogP contribution in [0.3, 0.4) is 0 Å². The lowest BCUT2D eigenvalue weighted by Gasteiger charge is -2.44. The Hall–Kier alpha value is -0.830. The largest absolute Gasteiger partial charge is 0.390 e. The molecule has 136 valence electrons. The Balaban J connectivity index is 1.67. The van der Waals surface area contributed by atoms with Gasteiger partial charge in [0.05, 0.1) is 37.6 Å². The number of ether oxygens (including phenoxy) is 2. The van der Waals surface area contributed by atoms with Crippen molar-refractivity contribution in [2.75, 3.05) is 13.2 Å². The third-order valence-corrected chi connectivity index (χ3v) is 6.34. The van der Waals surface area contributed by atoms with E-state index in [1.165, 1.54) is 11.3 Å². The number of nitrogens with zero attached hydrogens (tertiary/aromatic N) is 1. The summed E-state index contributed by atoms with van der Waals surface area (Å²) in [5.74, 6) is -0.176. The first-order chi connectivity index (χ1) is 12.0. The highest BCUT2D eigenvalue weighted by atomic mass is 79.9. The maximum absolute atomic E-state index is 10.8. The molecule has 1 fully saturated rings. The summed E-state index contributed by atoms with van der Waals surface area (Å²) in [5, 5.41) is 13.5. The molecule has 0 bridgehead atoms. The fourth-order valence-electron chi connectivity index (χ4n) is 3.20. The van der Waals surface area contributed by atoms with Crippen molar-refractivity contribution in [1.29, 1.82) is 0 Å². The molecule has 1 aliphatic rings. The van der Waals surface area contributed by atoms with E-state index in [1.807, 2.05) is 42.6 Å². The summed E-state index contributed by atoms with van der Waals surface area (Å²) in [6.45, 7) is 3.05. The topological polar surface area (TPSA) is 77.6 Å². The normalized spacial score (nSPS) is 28.0. The van der Waals surface area contributed by atoms with Gasteiger partial charge in [-0.05, 0) is 34.8 Å². The molecule has 0 aliphatic carbocycles.